The molecule has 0 radical (unpaired) electrons. The molecule has 17 heavy (non-hydrogen) atoms. The van der Waals surface area contributed by atoms with Gasteiger partial charge in [0, 0.05) is 18.0 Å². The van der Waals surface area contributed by atoms with Gasteiger partial charge >= 0.3 is 0 Å². The molecular weight excluding hydrogens is 274 g/mol. The molecule has 3 rings (SSSR count). The largest absolute Gasteiger partial charge is 0.252 e. The van der Waals surface area contributed by atoms with Gasteiger partial charge in [-0.15, -0.1) is 22.7 Å². The van der Waals surface area contributed by atoms with Crippen LogP contribution in [-0.2, 0) is 23.0 Å². The van der Waals surface area contributed by atoms with Gasteiger partial charge in [0.05, 0.1) is 0 Å². The molecule has 0 bridgehead atoms. The second-order valence-electron chi connectivity index (χ2n) is 3.89. The second-order valence-corrected chi connectivity index (χ2v) is 8.00. The summed E-state index contributed by atoms with van der Waals surface area (Å²) in [7, 11) is -3.28. The third-order valence-electron chi connectivity index (χ3n) is 2.86. The van der Waals surface area contributed by atoms with Crippen LogP contribution in [0, 0.1) is 0 Å². The first-order chi connectivity index (χ1) is 8.18. The Hall–Kier alpha value is -0.690. The normalized spacial score (nSPS) is 16.9. The van der Waals surface area contributed by atoms with Gasteiger partial charge in [-0.05, 0) is 34.9 Å². The zero-order valence-electron chi connectivity index (χ0n) is 9.00. The van der Waals surface area contributed by atoms with Crippen LogP contribution < -0.4 is 0 Å². The predicted octanol–water partition coefficient (Wildman–Crippen LogP) is 2.56. The van der Waals surface area contributed by atoms with Crippen LogP contribution in [-0.4, -0.2) is 19.3 Å². The summed E-state index contributed by atoms with van der Waals surface area (Å²) >= 11 is 3.00. The maximum Gasteiger partial charge on any atom is 0.252 e. The van der Waals surface area contributed by atoms with Crippen LogP contribution in [0.4, 0.5) is 0 Å². The van der Waals surface area contributed by atoms with Crippen molar-refractivity contribution < 1.29 is 8.42 Å². The summed E-state index contributed by atoms with van der Waals surface area (Å²) in [6, 6.07) is 5.47. The van der Waals surface area contributed by atoms with E-state index in [0.29, 0.717) is 17.3 Å². The summed E-state index contributed by atoms with van der Waals surface area (Å²) in [6.45, 7) is 1.10. The molecule has 0 spiro atoms. The summed E-state index contributed by atoms with van der Waals surface area (Å²) in [5.74, 6) is 0. The molecule has 1 aliphatic heterocycles. The summed E-state index contributed by atoms with van der Waals surface area (Å²) in [5.41, 5.74) is 1.15. The van der Waals surface area contributed by atoms with Crippen molar-refractivity contribution in [3.63, 3.8) is 0 Å². The van der Waals surface area contributed by atoms with Gasteiger partial charge in [-0.25, -0.2) is 8.42 Å². The van der Waals surface area contributed by atoms with E-state index in [1.165, 1.54) is 16.2 Å². The average Bonchev–Trinajstić information content (AvgIpc) is 2.99. The number of hydrogen-bond donors (Lipinski definition) is 0. The smallest absolute Gasteiger partial charge is 0.206 e. The molecule has 0 aromatic carbocycles. The molecule has 1 aliphatic rings. The highest BCUT2D eigenvalue weighted by Crippen LogP contribution is 2.29. The molecule has 0 amide bonds. The van der Waals surface area contributed by atoms with E-state index < -0.39 is 10.0 Å². The first-order valence-corrected chi connectivity index (χ1v) is 8.47. The molecule has 0 fully saturated rings. The second kappa shape index (κ2) is 4.20. The molecule has 0 unspecified atom stereocenters. The van der Waals surface area contributed by atoms with E-state index >= 15 is 0 Å². The average molecular weight is 285 g/mol. The monoisotopic (exact) mass is 285 g/mol. The van der Waals surface area contributed by atoms with E-state index in [-0.39, 0.29) is 0 Å². The minimum atomic E-state index is -3.28. The van der Waals surface area contributed by atoms with E-state index in [4.69, 9.17) is 0 Å². The quantitative estimate of drug-likeness (QED) is 0.850. The number of thiophene rings is 2. The minimum absolute atomic E-state index is 0.441. The zero-order chi connectivity index (χ0) is 11.9. The van der Waals surface area contributed by atoms with E-state index in [2.05, 4.69) is 0 Å². The number of hydrogen-bond acceptors (Lipinski definition) is 4. The number of sulfonamides is 1. The van der Waals surface area contributed by atoms with E-state index in [9.17, 15) is 8.42 Å². The molecule has 0 aliphatic carbocycles. The van der Waals surface area contributed by atoms with Gasteiger partial charge in [-0.1, -0.05) is 6.07 Å². The van der Waals surface area contributed by atoms with Crippen molar-refractivity contribution in [2.45, 2.75) is 17.2 Å². The molecule has 0 atom stereocenters. The Kier molecular flexibility index (Phi) is 2.82. The Morgan fingerprint density at radius 3 is 2.82 bits per heavy atom. The Morgan fingerprint density at radius 2 is 2.06 bits per heavy atom. The van der Waals surface area contributed by atoms with Crippen molar-refractivity contribution in [1.29, 1.82) is 0 Å². The van der Waals surface area contributed by atoms with Crippen molar-refractivity contribution in [3.05, 3.63) is 39.4 Å². The van der Waals surface area contributed by atoms with Crippen LogP contribution in [0.2, 0.25) is 0 Å². The van der Waals surface area contributed by atoms with E-state index in [1.807, 2.05) is 11.4 Å². The Bertz CT molecular complexity index is 613. The highest BCUT2D eigenvalue weighted by Gasteiger charge is 2.29. The fraction of sp³-hybridized carbons (Fsp3) is 0.273. The maximum absolute atomic E-state index is 12.3. The number of fused-ring (bicyclic) bond motifs is 1. The molecule has 0 saturated carbocycles. The first kappa shape index (κ1) is 11.4. The van der Waals surface area contributed by atoms with Crippen molar-refractivity contribution in [3.8, 4) is 0 Å². The lowest BCUT2D eigenvalue weighted by atomic mass is 10.1. The highest BCUT2D eigenvalue weighted by molar-refractivity contribution is 7.91. The first-order valence-electron chi connectivity index (χ1n) is 5.27. The molecule has 3 nitrogen and oxygen atoms in total. The number of nitrogens with zero attached hydrogens (tertiary/aromatic N) is 1. The third-order valence-corrected chi connectivity index (χ3v) is 7.10. The predicted molar refractivity (Wildman–Crippen MR) is 69.9 cm³/mol. The third kappa shape index (κ3) is 1.95. The standard InChI is InChI=1S/C11H11NO2S3/c13-17(14,11-2-1-6-16-11)12-5-3-10-9(8-12)4-7-15-10/h1-2,4,6-7H,3,5,8H2. The summed E-state index contributed by atoms with van der Waals surface area (Å²) in [5, 5.41) is 3.83. The van der Waals surface area contributed by atoms with Crippen LogP contribution in [0.1, 0.15) is 10.4 Å². The fourth-order valence-electron chi connectivity index (χ4n) is 1.97. The lowest BCUT2D eigenvalue weighted by Crippen LogP contribution is -2.34. The van der Waals surface area contributed by atoms with Gasteiger partial charge in [-0.3, -0.25) is 0 Å². The Balaban J connectivity index is 1.93. The van der Waals surface area contributed by atoms with Crippen LogP contribution in [0.3, 0.4) is 0 Å². The van der Waals surface area contributed by atoms with Gasteiger partial charge < -0.3 is 0 Å². The van der Waals surface area contributed by atoms with Crippen LogP contribution in [0.15, 0.2) is 33.2 Å². The zero-order valence-corrected chi connectivity index (χ0v) is 11.4. The van der Waals surface area contributed by atoms with Crippen LogP contribution in [0.5, 0.6) is 0 Å². The van der Waals surface area contributed by atoms with Gasteiger partial charge in [0.25, 0.3) is 10.0 Å². The fourth-order valence-corrected chi connectivity index (χ4v) is 5.42. The van der Waals surface area contributed by atoms with Crippen molar-refractivity contribution in [2.75, 3.05) is 6.54 Å². The Morgan fingerprint density at radius 1 is 1.18 bits per heavy atom. The topological polar surface area (TPSA) is 37.4 Å². The lowest BCUT2D eigenvalue weighted by molar-refractivity contribution is 0.395. The van der Waals surface area contributed by atoms with Gasteiger partial charge in [0.2, 0.25) is 0 Å². The van der Waals surface area contributed by atoms with E-state index in [0.717, 1.165) is 12.0 Å². The summed E-state index contributed by atoms with van der Waals surface area (Å²) < 4.78 is 26.7. The molecule has 6 heteroatoms. The molecule has 90 valence electrons. The lowest BCUT2D eigenvalue weighted by Gasteiger charge is -2.25. The molecule has 0 saturated heterocycles. The maximum atomic E-state index is 12.3. The summed E-state index contributed by atoms with van der Waals surface area (Å²) in [4.78, 5) is 1.32. The highest BCUT2D eigenvalue weighted by atomic mass is 32.2. The van der Waals surface area contributed by atoms with Gasteiger partial charge in [-0.2, -0.15) is 4.31 Å². The molecule has 3 heterocycles. The molecular formula is C11H11NO2S3. The SMILES string of the molecule is O=S(=O)(c1cccs1)N1CCc2sccc2C1. The minimum Gasteiger partial charge on any atom is -0.206 e. The molecule has 0 N–H and O–H groups in total. The van der Waals surface area contributed by atoms with Crippen molar-refractivity contribution >= 4 is 32.7 Å². The summed E-state index contributed by atoms with van der Waals surface area (Å²) in [6.07, 6.45) is 0.831. The number of rotatable bonds is 2. The van der Waals surface area contributed by atoms with E-state index in [1.54, 1.807) is 33.2 Å². The van der Waals surface area contributed by atoms with Gasteiger partial charge in [0.15, 0.2) is 0 Å². The van der Waals surface area contributed by atoms with Gasteiger partial charge in [0.1, 0.15) is 4.21 Å². The van der Waals surface area contributed by atoms with Crippen LogP contribution >= 0.6 is 22.7 Å². The van der Waals surface area contributed by atoms with Crippen molar-refractivity contribution in [1.82, 2.24) is 4.31 Å². The van der Waals surface area contributed by atoms with Crippen LogP contribution in [0.25, 0.3) is 0 Å². The molecule has 2 aromatic heterocycles. The Labute approximate surface area is 108 Å². The molecule has 2 aromatic rings. The van der Waals surface area contributed by atoms with Crippen molar-refractivity contribution in [2.24, 2.45) is 0 Å².